The lowest BCUT2D eigenvalue weighted by molar-refractivity contribution is -0.129. The normalized spacial score (nSPS) is 18.6. The number of hydrogen-bond donors (Lipinski definition) is 0. The number of carbonyl (C=O) groups is 1. The molecule has 1 aromatic heterocycles. The fourth-order valence-corrected chi connectivity index (χ4v) is 5.83. The molecule has 0 spiro atoms. The van der Waals surface area contributed by atoms with Gasteiger partial charge in [-0.25, -0.2) is 8.42 Å². The summed E-state index contributed by atoms with van der Waals surface area (Å²) < 4.78 is 25.1. The topological polar surface area (TPSA) is 98.1 Å². The molecule has 0 unspecified atom stereocenters. The van der Waals surface area contributed by atoms with Gasteiger partial charge in [0.25, 0.3) is 0 Å². The first-order valence-corrected chi connectivity index (χ1v) is 11.6. The number of aryl methyl sites for hydroxylation is 2. The van der Waals surface area contributed by atoms with E-state index >= 15 is 0 Å². The molecule has 2 aromatic rings. The summed E-state index contributed by atoms with van der Waals surface area (Å²) in [7, 11) is -3.03. The van der Waals surface area contributed by atoms with Gasteiger partial charge < -0.3 is 4.90 Å². The van der Waals surface area contributed by atoms with Gasteiger partial charge >= 0.3 is 0 Å². The summed E-state index contributed by atoms with van der Waals surface area (Å²) in [5.41, 5.74) is 3.07. The van der Waals surface area contributed by atoms with Crippen LogP contribution in [0.1, 0.15) is 24.5 Å². The molecule has 27 heavy (non-hydrogen) atoms. The summed E-state index contributed by atoms with van der Waals surface area (Å²) in [5, 5.41) is 12.4. The fourth-order valence-electron chi connectivity index (χ4n) is 3.33. The molecule has 0 aliphatic carbocycles. The number of sulfone groups is 1. The number of aromatic nitrogens is 4. The number of carbonyl (C=O) groups excluding carboxylic acids is 1. The molecule has 1 atom stereocenters. The largest absolute Gasteiger partial charge is 0.338 e. The first-order valence-electron chi connectivity index (χ1n) is 8.79. The minimum atomic E-state index is -3.03. The number of tetrazole rings is 1. The van der Waals surface area contributed by atoms with E-state index < -0.39 is 9.84 Å². The van der Waals surface area contributed by atoms with Crippen LogP contribution in [0, 0.1) is 13.8 Å². The molecule has 1 aliphatic heterocycles. The molecule has 1 amide bonds. The van der Waals surface area contributed by atoms with Crippen LogP contribution in [0.15, 0.2) is 23.4 Å². The SMILES string of the molecule is CCN(C(=O)CSc1nnnn1-c1ccc(C)cc1C)[C@@H]1CCS(=O)(=O)C1. The summed E-state index contributed by atoms with van der Waals surface area (Å²) in [6.07, 6.45) is 0.507. The zero-order chi connectivity index (χ0) is 19.6. The van der Waals surface area contributed by atoms with E-state index in [4.69, 9.17) is 0 Å². The molecule has 1 aromatic carbocycles. The maximum atomic E-state index is 12.7. The second-order valence-electron chi connectivity index (χ2n) is 6.69. The highest BCUT2D eigenvalue weighted by Gasteiger charge is 2.33. The van der Waals surface area contributed by atoms with Crippen molar-refractivity contribution in [1.29, 1.82) is 0 Å². The van der Waals surface area contributed by atoms with Gasteiger partial charge in [0.05, 0.1) is 22.9 Å². The van der Waals surface area contributed by atoms with Crippen LogP contribution in [0.5, 0.6) is 0 Å². The Kier molecular flexibility index (Phi) is 5.85. The van der Waals surface area contributed by atoms with Crippen LogP contribution in [-0.4, -0.2) is 69.3 Å². The van der Waals surface area contributed by atoms with E-state index in [-0.39, 0.29) is 29.2 Å². The molecule has 0 radical (unpaired) electrons. The van der Waals surface area contributed by atoms with E-state index in [0.717, 1.165) is 16.8 Å². The summed E-state index contributed by atoms with van der Waals surface area (Å²) in [5.74, 6) is 0.270. The van der Waals surface area contributed by atoms with Crippen molar-refractivity contribution in [2.45, 2.75) is 38.4 Å². The van der Waals surface area contributed by atoms with Crippen LogP contribution in [0.2, 0.25) is 0 Å². The molecule has 0 bridgehead atoms. The first-order chi connectivity index (χ1) is 12.8. The molecule has 0 saturated carbocycles. The standard InChI is InChI=1S/C17H23N5O3S2/c1-4-21(14-7-8-27(24,25)11-14)16(23)10-26-17-18-19-20-22(17)15-6-5-12(2)9-13(15)3/h5-6,9,14H,4,7-8,10-11H2,1-3H3/t14-/m1/s1. The van der Waals surface area contributed by atoms with Crippen molar-refractivity contribution >= 4 is 27.5 Å². The minimum absolute atomic E-state index is 0.0531. The van der Waals surface area contributed by atoms with E-state index in [2.05, 4.69) is 21.6 Å². The van der Waals surface area contributed by atoms with E-state index in [1.165, 1.54) is 11.8 Å². The van der Waals surface area contributed by atoms with Crippen LogP contribution in [-0.2, 0) is 14.6 Å². The van der Waals surface area contributed by atoms with Crippen LogP contribution in [0.3, 0.4) is 0 Å². The Morgan fingerprint density at radius 3 is 2.78 bits per heavy atom. The number of nitrogens with zero attached hydrogens (tertiary/aromatic N) is 5. The highest BCUT2D eigenvalue weighted by Crippen LogP contribution is 2.23. The van der Waals surface area contributed by atoms with Crippen LogP contribution >= 0.6 is 11.8 Å². The predicted octanol–water partition coefficient (Wildman–Crippen LogP) is 1.41. The molecular weight excluding hydrogens is 386 g/mol. The third kappa shape index (κ3) is 4.49. The Bertz CT molecular complexity index is 942. The lowest BCUT2D eigenvalue weighted by Crippen LogP contribution is -2.42. The van der Waals surface area contributed by atoms with Gasteiger partial charge in [-0.15, -0.1) is 5.10 Å². The second kappa shape index (κ2) is 7.97. The zero-order valence-electron chi connectivity index (χ0n) is 15.6. The number of thioether (sulfide) groups is 1. The smallest absolute Gasteiger partial charge is 0.233 e. The van der Waals surface area contributed by atoms with Gasteiger partial charge in [-0.05, 0) is 49.2 Å². The van der Waals surface area contributed by atoms with Crippen molar-refractivity contribution in [3.63, 3.8) is 0 Å². The third-order valence-corrected chi connectivity index (χ3v) is 7.31. The van der Waals surface area contributed by atoms with Gasteiger partial charge in [-0.2, -0.15) is 4.68 Å². The summed E-state index contributed by atoms with van der Waals surface area (Å²) in [4.78, 5) is 14.3. The average molecular weight is 410 g/mol. The monoisotopic (exact) mass is 409 g/mol. The van der Waals surface area contributed by atoms with Crippen molar-refractivity contribution in [1.82, 2.24) is 25.1 Å². The molecule has 1 fully saturated rings. The van der Waals surface area contributed by atoms with Crippen LogP contribution < -0.4 is 0 Å². The van der Waals surface area contributed by atoms with E-state index in [0.29, 0.717) is 18.1 Å². The molecule has 3 rings (SSSR count). The maximum Gasteiger partial charge on any atom is 0.233 e. The number of rotatable bonds is 6. The lowest BCUT2D eigenvalue weighted by Gasteiger charge is -2.26. The van der Waals surface area contributed by atoms with Gasteiger partial charge in [0, 0.05) is 12.6 Å². The number of amides is 1. The van der Waals surface area contributed by atoms with Crippen molar-refractivity contribution in [2.75, 3.05) is 23.8 Å². The highest BCUT2D eigenvalue weighted by molar-refractivity contribution is 7.99. The van der Waals surface area contributed by atoms with Gasteiger partial charge in [0.15, 0.2) is 9.84 Å². The second-order valence-corrected chi connectivity index (χ2v) is 9.86. The quantitative estimate of drug-likeness (QED) is 0.665. The molecule has 2 heterocycles. The highest BCUT2D eigenvalue weighted by atomic mass is 32.2. The maximum absolute atomic E-state index is 12.7. The van der Waals surface area contributed by atoms with E-state index in [1.54, 1.807) is 9.58 Å². The van der Waals surface area contributed by atoms with Gasteiger partial charge in [-0.3, -0.25) is 4.79 Å². The Balaban J connectivity index is 1.70. The van der Waals surface area contributed by atoms with Crippen molar-refractivity contribution in [2.24, 2.45) is 0 Å². The Hall–Kier alpha value is -1.94. The Morgan fingerprint density at radius 1 is 1.37 bits per heavy atom. The Morgan fingerprint density at radius 2 is 2.15 bits per heavy atom. The molecular formula is C17H23N5O3S2. The summed E-state index contributed by atoms with van der Waals surface area (Å²) >= 11 is 1.26. The molecule has 8 nitrogen and oxygen atoms in total. The predicted molar refractivity (Wildman–Crippen MR) is 104 cm³/mol. The van der Waals surface area contributed by atoms with Crippen LogP contribution in [0.25, 0.3) is 5.69 Å². The lowest BCUT2D eigenvalue weighted by atomic mass is 10.1. The van der Waals surface area contributed by atoms with Gasteiger partial charge in [-0.1, -0.05) is 29.5 Å². The molecule has 1 aliphatic rings. The third-order valence-electron chi connectivity index (χ3n) is 4.66. The van der Waals surface area contributed by atoms with Gasteiger partial charge in [0.2, 0.25) is 11.1 Å². The van der Waals surface area contributed by atoms with Crippen LogP contribution in [0.4, 0.5) is 0 Å². The fraction of sp³-hybridized carbons (Fsp3) is 0.529. The molecule has 146 valence electrons. The molecule has 10 heteroatoms. The van der Waals surface area contributed by atoms with E-state index in [1.807, 2.05) is 32.9 Å². The summed E-state index contributed by atoms with van der Waals surface area (Å²) in [6, 6.07) is 5.76. The zero-order valence-corrected chi connectivity index (χ0v) is 17.3. The average Bonchev–Trinajstić information content (AvgIpc) is 3.20. The first kappa shape index (κ1) is 19.8. The van der Waals surface area contributed by atoms with Gasteiger partial charge in [0.1, 0.15) is 0 Å². The summed E-state index contributed by atoms with van der Waals surface area (Å²) in [6.45, 7) is 6.37. The minimum Gasteiger partial charge on any atom is -0.338 e. The Labute approximate surface area is 163 Å². The number of benzene rings is 1. The van der Waals surface area contributed by atoms with Crippen molar-refractivity contribution in [3.05, 3.63) is 29.3 Å². The van der Waals surface area contributed by atoms with Crippen molar-refractivity contribution < 1.29 is 13.2 Å². The van der Waals surface area contributed by atoms with Crippen molar-refractivity contribution in [3.8, 4) is 5.69 Å². The molecule has 0 N–H and O–H groups in total. The number of hydrogen-bond acceptors (Lipinski definition) is 7. The van der Waals surface area contributed by atoms with E-state index in [9.17, 15) is 13.2 Å². The molecule has 1 saturated heterocycles.